The van der Waals surface area contributed by atoms with Gasteiger partial charge in [-0.2, -0.15) is 0 Å². The van der Waals surface area contributed by atoms with Gasteiger partial charge in [-0.05, 0) is 24.3 Å². The summed E-state index contributed by atoms with van der Waals surface area (Å²) in [6, 6.07) is 10.1. The highest BCUT2D eigenvalue weighted by Crippen LogP contribution is 2.21. The van der Waals surface area contributed by atoms with Crippen LogP contribution in [0.5, 0.6) is 0 Å². The first-order valence-corrected chi connectivity index (χ1v) is 6.69. The van der Waals surface area contributed by atoms with Crippen molar-refractivity contribution in [3.63, 3.8) is 0 Å². The van der Waals surface area contributed by atoms with Gasteiger partial charge in [0, 0.05) is 28.3 Å². The molecule has 0 aliphatic heterocycles. The van der Waals surface area contributed by atoms with Crippen molar-refractivity contribution < 1.29 is 0 Å². The molecule has 1 aromatic carbocycles. The van der Waals surface area contributed by atoms with E-state index in [0.29, 0.717) is 4.47 Å². The van der Waals surface area contributed by atoms with Crippen molar-refractivity contribution in [2.24, 2.45) is 0 Å². The van der Waals surface area contributed by atoms with Gasteiger partial charge >= 0.3 is 0 Å². The SMILES string of the molecule is Clc1ncc(CNc2ccc3ncccc3c2)s1. The van der Waals surface area contributed by atoms with E-state index >= 15 is 0 Å². The quantitative estimate of drug-likeness (QED) is 0.786. The number of anilines is 1. The average Bonchev–Trinajstić information content (AvgIpc) is 2.82. The van der Waals surface area contributed by atoms with E-state index in [1.165, 1.54) is 11.3 Å². The lowest BCUT2D eigenvalue weighted by atomic mass is 10.2. The second-order valence-corrected chi connectivity index (χ2v) is 5.54. The number of pyridine rings is 1. The van der Waals surface area contributed by atoms with Gasteiger partial charge in [0.2, 0.25) is 0 Å². The van der Waals surface area contributed by atoms with E-state index in [2.05, 4.69) is 27.4 Å². The second-order valence-electron chi connectivity index (χ2n) is 3.84. The number of benzene rings is 1. The third-order valence-corrected chi connectivity index (χ3v) is 3.71. The molecular formula is C13H10ClN3S. The Bertz CT molecular complexity index is 681. The molecule has 0 saturated heterocycles. The Morgan fingerprint density at radius 3 is 3.00 bits per heavy atom. The molecule has 0 amide bonds. The van der Waals surface area contributed by atoms with E-state index in [0.717, 1.165) is 28.0 Å². The lowest BCUT2D eigenvalue weighted by molar-refractivity contribution is 1.18. The van der Waals surface area contributed by atoms with Gasteiger partial charge in [-0.25, -0.2) is 4.98 Å². The Morgan fingerprint density at radius 1 is 1.22 bits per heavy atom. The van der Waals surface area contributed by atoms with Crippen LogP contribution in [0.4, 0.5) is 5.69 Å². The van der Waals surface area contributed by atoms with E-state index in [-0.39, 0.29) is 0 Å². The van der Waals surface area contributed by atoms with Crippen molar-refractivity contribution in [2.75, 3.05) is 5.32 Å². The number of halogens is 1. The number of aromatic nitrogens is 2. The highest BCUT2D eigenvalue weighted by atomic mass is 35.5. The van der Waals surface area contributed by atoms with Crippen molar-refractivity contribution in [1.82, 2.24) is 9.97 Å². The summed E-state index contributed by atoms with van der Waals surface area (Å²) in [5.74, 6) is 0. The van der Waals surface area contributed by atoms with Gasteiger partial charge in [-0.3, -0.25) is 4.98 Å². The molecule has 3 rings (SSSR count). The molecular weight excluding hydrogens is 266 g/mol. The molecule has 0 saturated carbocycles. The first-order chi connectivity index (χ1) is 8.81. The fourth-order valence-electron chi connectivity index (χ4n) is 1.74. The van der Waals surface area contributed by atoms with Crippen LogP contribution in [0.2, 0.25) is 4.47 Å². The molecule has 3 aromatic rings. The van der Waals surface area contributed by atoms with E-state index < -0.39 is 0 Å². The summed E-state index contributed by atoms with van der Waals surface area (Å²) in [6.45, 7) is 0.732. The fraction of sp³-hybridized carbons (Fsp3) is 0.0769. The van der Waals surface area contributed by atoms with E-state index in [4.69, 9.17) is 11.6 Å². The van der Waals surface area contributed by atoms with Gasteiger partial charge < -0.3 is 5.32 Å². The highest BCUT2D eigenvalue weighted by molar-refractivity contribution is 7.15. The van der Waals surface area contributed by atoms with Gasteiger partial charge in [-0.1, -0.05) is 17.7 Å². The van der Waals surface area contributed by atoms with Crippen LogP contribution >= 0.6 is 22.9 Å². The topological polar surface area (TPSA) is 37.8 Å². The molecule has 2 aromatic heterocycles. The summed E-state index contributed by atoms with van der Waals surface area (Å²) in [6.07, 6.45) is 3.59. The highest BCUT2D eigenvalue weighted by Gasteiger charge is 2.00. The van der Waals surface area contributed by atoms with Crippen molar-refractivity contribution in [2.45, 2.75) is 6.54 Å². The predicted octanol–water partition coefficient (Wildman–Crippen LogP) is 3.96. The molecule has 0 unspecified atom stereocenters. The number of nitrogens with zero attached hydrogens (tertiary/aromatic N) is 2. The molecule has 0 bridgehead atoms. The summed E-state index contributed by atoms with van der Waals surface area (Å²) >= 11 is 7.28. The van der Waals surface area contributed by atoms with Gasteiger partial charge in [0.05, 0.1) is 12.1 Å². The molecule has 0 aliphatic carbocycles. The maximum Gasteiger partial charge on any atom is 0.183 e. The first kappa shape index (κ1) is 11.4. The summed E-state index contributed by atoms with van der Waals surface area (Å²) in [4.78, 5) is 9.42. The Hall–Kier alpha value is -1.65. The number of hydrogen-bond donors (Lipinski definition) is 1. The molecule has 0 atom stereocenters. The number of nitrogens with one attached hydrogen (secondary N) is 1. The minimum absolute atomic E-state index is 0.578. The van der Waals surface area contributed by atoms with E-state index in [1.54, 1.807) is 12.4 Å². The second kappa shape index (κ2) is 4.92. The third kappa shape index (κ3) is 2.44. The van der Waals surface area contributed by atoms with Crippen molar-refractivity contribution in [3.8, 4) is 0 Å². The molecule has 5 heteroatoms. The van der Waals surface area contributed by atoms with Crippen LogP contribution in [-0.4, -0.2) is 9.97 Å². The van der Waals surface area contributed by atoms with Crippen molar-refractivity contribution >= 4 is 39.5 Å². The zero-order valence-electron chi connectivity index (χ0n) is 9.43. The first-order valence-electron chi connectivity index (χ1n) is 5.50. The maximum atomic E-state index is 5.79. The van der Waals surface area contributed by atoms with Crippen LogP contribution in [0.25, 0.3) is 10.9 Å². The normalized spacial score (nSPS) is 10.7. The summed E-state index contributed by atoms with van der Waals surface area (Å²) in [5.41, 5.74) is 2.07. The predicted molar refractivity (Wildman–Crippen MR) is 76.2 cm³/mol. The molecule has 0 spiro atoms. The molecule has 2 heterocycles. The Morgan fingerprint density at radius 2 is 2.17 bits per heavy atom. The number of thiazole rings is 1. The summed E-state index contributed by atoms with van der Waals surface area (Å²) in [7, 11) is 0. The molecule has 3 nitrogen and oxygen atoms in total. The number of fused-ring (bicyclic) bond motifs is 1. The van der Waals surface area contributed by atoms with Crippen LogP contribution in [0, 0.1) is 0 Å². The lowest BCUT2D eigenvalue weighted by Gasteiger charge is -2.05. The van der Waals surface area contributed by atoms with E-state index in [9.17, 15) is 0 Å². The largest absolute Gasteiger partial charge is 0.380 e. The third-order valence-electron chi connectivity index (χ3n) is 2.60. The molecule has 0 aliphatic rings. The van der Waals surface area contributed by atoms with Crippen molar-refractivity contribution in [3.05, 3.63) is 52.1 Å². The van der Waals surface area contributed by atoms with Gasteiger partial charge in [0.25, 0.3) is 0 Å². The molecule has 90 valence electrons. The van der Waals surface area contributed by atoms with Crippen LogP contribution in [0.15, 0.2) is 42.7 Å². The zero-order chi connectivity index (χ0) is 12.4. The van der Waals surface area contributed by atoms with Gasteiger partial charge in [0.15, 0.2) is 4.47 Å². The lowest BCUT2D eigenvalue weighted by Crippen LogP contribution is -1.97. The monoisotopic (exact) mass is 275 g/mol. The number of rotatable bonds is 3. The zero-order valence-corrected chi connectivity index (χ0v) is 11.0. The number of hydrogen-bond acceptors (Lipinski definition) is 4. The van der Waals surface area contributed by atoms with E-state index in [1.807, 2.05) is 18.2 Å². The molecule has 18 heavy (non-hydrogen) atoms. The minimum atomic E-state index is 0.578. The summed E-state index contributed by atoms with van der Waals surface area (Å²) < 4.78 is 0.578. The minimum Gasteiger partial charge on any atom is -0.380 e. The fourth-order valence-corrected chi connectivity index (χ4v) is 2.66. The molecule has 0 fully saturated rings. The maximum absolute atomic E-state index is 5.79. The molecule has 1 N–H and O–H groups in total. The summed E-state index contributed by atoms with van der Waals surface area (Å²) in [5, 5.41) is 4.48. The van der Waals surface area contributed by atoms with Crippen molar-refractivity contribution in [1.29, 1.82) is 0 Å². The van der Waals surface area contributed by atoms with Crippen LogP contribution in [0.1, 0.15) is 4.88 Å². The Labute approximate surface area is 113 Å². The Balaban J connectivity index is 1.78. The smallest absolute Gasteiger partial charge is 0.183 e. The van der Waals surface area contributed by atoms with Crippen LogP contribution < -0.4 is 5.32 Å². The van der Waals surface area contributed by atoms with Gasteiger partial charge in [-0.15, -0.1) is 11.3 Å². The molecule has 0 radical (unpaired) electrons. The average molecular weight is 276 g/mol. The van der Waals surface area contributed by atoms with Crippen LogP contribution in [-0.2, 0) is 6.54 Å². The van der Waals surface area contributed by atoms with Crippen LogP contribution in [0.3, 0.4) is 0 Å². The van der Waals surface area contributed by atoms with Gasteiger partial charge in [0.1, 0.15) is 0 Å². The standard InChI is InChI=1S/C13H10ClN3S/c14-13-17-8-11(18-13)7-16-10-3-4-12-9(6-10)2-1-5-15-12/h1-6,8,16H,7H2. The Kier molecular flexibility index (Phi) is 3.13.